The number of aromatic nitrogens is 4. The maximum atomic E-state index is 13.4. The van der Waals surface area contributed by atoms with Gasteiger partial charge in [0, 0.05) is 18.8 Å². The van der Waals surface area contributed by atoms with Gasteiger partial charge < -0.3 is 5.32 Å². The van der Waals surface area contributed by atoms with E-state index in [0.29, 0.717) is 18.5 Å². The first-order chi connectivity index (χ1) is 16.1. The molecule has 0 radical (unpaired) electrons. The van der Waals surface area contributed by atoms with Crippen molar-refractivity contribution in [2.75, 3.05) is 18.4 Å². The third-order valence-electron chi connectivity index (χ3n) is 5.63. The van der Waals surface area contributed by atoms with Gasteiger partial charge in [-0.1, -0.05) is 12.1 Å². The molecule has 9 nitrogen and oxygen atoms in total. The fourth-order valence-corrected chi connectivity index (χ4v) is 5.68. The minimum absolute atomic E-state index is 0.0397. The molecule has 4 rings (SSSR count). The fraction of sp³-hybridized carbons (Fsp3) is 0.333. The molecule has 0 aliphatic carbocycles. The number of tetrazole rings is 1. The molecule has 0 saturated carbocycles. The zero-order valence-corrected chi connectivity index (χ0v) is 18.8. The summed E-state index contributed by atoms with van der Waals surface area (Å²) in [7, 11) is -4.44. The number of alkyl halides is 3. The molecule has 1 amide bonds. The Labute approximate surface area is 193 Å². The number of carbonyl (C=O) groups excluding carboxylic acids is 1. The van der Waals surface area contributed by atoms with Crippen molar-refractivity contribution < 1.29 is 26.4 Å². The number of benzene rings is 2. The van der Waals surface area contributed by atoms with Crippen LogP contribution in [0.4, 0.5) is 18.9 Å². The van der Waals surface area contributed by atoms with Crippen LogP contribution in [0.15, 0.2) is 53.7 Å². The van der Waals surface area contributed by atoms with Crippen LogP contribution in [0.5, 0.6) is 0 Å². The third-order valence-corrected chi connectivity index (χ3v) is 7.55. The lowest BCUT2D eigenvalue weighted by Crippen LogP contribution is -2.44. The highest BCUT2D eigenvalue weighted by Gasteiger charge is 2.40. The van der Waals surface area contributed by atoms with E-state index < -0.39 is 38.5 Å². The molecule has 180 valence electrons. The Balaban J connectivity index is 1.50. The predicted molar refractivity (Wildman–Crippen MR) is 115 cm³/mol. The molecular formula is C21H21F3N6O3S. The van der Waals surface area contributed by atoms with Gasteiger partial charge in [-0.2, -0.15) is 17.5 Å². The molecule has 2 heterocycles. The van der Waals surface area contributed by atoms with Crippen molar-refractivity contribution in [3.8, 4) is 5.69 Å². The van der Waals surface area contributed by atoms with Crippen molar-refractivity contribution in [3.63, 3.8) is 0 Å². The van der Waals surface area contributed by atoms with Gasteiger partial charge in [0.1, 0.15) is 6.33 Å². The van der Waals surface area contributed by atoms with Crippen LogP contribution in [0.25, 0.3) is 5.69 Å². The van der Waals surface area contributed by atoms with Crippen molar-refractivity contribution in [1.29, 1.82) is 0 Å². The summed E-state index contributed by atoms with van der Waals surface area (Å²) in [4.78, 5) is 12.1. The number of aryl methyl sites for hydroxylation is 1. The van der Waals surface area contributed by atoms with E-state index in [-0.39, 0.29) is 13.1 Å². The zero-order chi connectivity index (χ0) is 24.5. The number of halogens is 3. The van der Waals surface area contributed by atoms with E-state index in [4.69, 9.17) is 0 Å². The third kappa shape index (κ3) is 4.80. The SMILES string of the molecule is Cc1cc(NC(=O)C2CCCN(S(=O)(=O)c3ccccc3C(F)(F)F)C2)ccc1-n1cnnn1. The predicted octanol–water partition coefficient (Wildman–Crippen LogP) is 3.03. The van der Waals surface area contributed by atoms with Crippen LogP contribution in [0.2, 0.25) is 0 Å². The second-order valence-electron chi connectivity index (χ2n) is 7.94. The number of anilines is 1. The first-order valence-electron chi connectivity index (χ1n) is 10.4. The van der Waals surface area contributed by atoms with Crippen LogP contribution in [0, 0.1) is 12.8 Å². The van der Waals surface area contributed by atoms with Crippen LogP contribution in [-0.4, -0.2) is 51.9 Å². The average molecular weight is 494 g/mol. The van der Waals surface area contributed by atoms with Gasteiger partial charge in [-0.05, 0) is 66.1 Å². The van der Waals surface area contributed by atoms with Crippen molar-refractivity contribution in [1.82, 2.24) is 24.5 Å². The minimum Gasteiger partial charge on any atom is -0.326 e. The van der Waals surface area contributed by atoms with Crippen molar-refractivity contribution in [2.24, 2.45) is 5.92 Å². The summed E-state index contributed by atoms with van der Waals surface area (Å²) in [6.45, 7) is 1.65. The summed E-state index contributed by atoms with van der Waals surface area (Å²) in [5, 5.41) is 13.8. The second kappa shape index (κ2) is 9.14. The Morgan fingerprint density at radius 2 is 1.94 bits per heavy atom. The Morgan fingerprint density at radius 1 is 1.18 bits per heavy atom. The highest BCUT2D eigenvalue weighted by atomic mass is 32.2. The van der Waals surface area contributed by atoms with E-state index in [1.165, 1.54) is 17.1 Å². The normalized spacial score (nSPS) is 17.5. The van der Waals surface area contributed by atoms with E-state index in [1.54, 1.807) is 18.2 Å². The molecule has 1 aliphatic heterocycles. The molecule has 1 unspecified atom stereocenters. The molecule has 1 atom stereocenters. The molecule has 0 bridgehead atoms. The van der Waals surface area contributed by atoms with Crippen molar-refractivity contribution in [3.05, 3.63) is 59.9 Å². The lowest BCUT2D eigenvalue weighted by molar-refractivity contribution is -0.140. The molecule has 34 heavy (non-hydrogen) atoms. The number of piperidine rings is 1. The summed E-state index contributed by atoms with van der Waals surface area (Å²) >= 11 is 0. The summed E-state index contributed by atoms with van der Waals surface area (Å²) in [6.07, 6.45) is -2.61. The standard InChI is InChI=1S/C21H21F3N6O3S/c1-14-11-16(8-9-18(14)30-13-25-27-28-30)26-20(31)15-5-4-10-29(12-15)34(32,33)19-7-3-2-6-17(19)21(22,23)24/h2-3,6-9,11,13,15H,4-5,10,12H2,1H3,(H,26,31). The Bertz CT molecular complexity index is 1300. The average Bonchev–Trinajstić information content (AvgIpc) is 3.33. The monoisotopic (exact) mass is 494 g/mol. The number of amides is 1. The maximum Gasteiger partial charge on any atom is 0.417 e. The molecule has 0 spiro atoms. The number of nitrogens with one attached hydrogen (secondary N) is 1. The van der Waals surface area contributed by atoms with E-state index >= 15 is 0 Å². The lowest BCUT2D eigenvalue weighted by Gasteiger charge is -2.31. The topological polar surface area (TPSA) is 110 Å². The zero-order valence-electron chi connectivity index (χ0n) is 18.0. The first-order valence-corrected chi connectivity index (χ1v) is 11.8. The number of rotatable bonds is 5. The van der Waals surface area contributed by atoms with E-state index in [1.807, 2.05) is 6.92 Å². The Kier molecular flexibility index (Phi) is 6.41. The van der Waals surface area contributed by atoms with Crippen LogP contribution in [0.1, 0.15) is 24.0 Å². The number of hydrogen-bond donors (Lipinski definition) is 1. The lowest BCUT2D eigenvalue weighted by atomic mass is 9.98. The minimum atomic E-state index is -4.82. The van der Waals surface area contributed by atoms with Gasteiger partial charge in [0.15, 0.2) is 0 Å². The molecule has 1 N–H and O–H groups in total. The van der Waals surface area contributed by atoms with Crippen molar-refractivity contribution >= 4 is 21.6 Å². The summed E-state index contributed by atoms with van der Waals surface area (Å²) in [6, 6.07) is 9.19. The number of nitrogens with zero attached hydrogens (tertiary/aromatic N) is 5. The summed E-state index contributed by atoms with van der Waals surface area (Å²) in [5.41, 5.74) is 0.796. The number of sulfonamides is 1. The molecule has 1 fully saturated rings. The smallest absolute Gasteiger partial charge is 0.326 e. The maximum absolute atomic E-state index is 13.4. The highest BCUT2D eigenvalue weighted by molar-refractivity contribution is 7.89. The summed E-state index contributed by atoms with van der Waals surface area (Å²) in [5.74, 6) is -1.11. The van der Waals surface area contributed by atoms with Gasteiger partial charge >= 0.3 is 6.18 Å². The number of carbonyl (C=O) groups is 1. The van der Waals surface area contributed by atoms with E-state index in [0.717, 1.165) is 33.8 Å². The molecule has 13 heteroatoms. The van der Waals surface area contributed by atoms with Gasteiger partial charge in [0.25, 0.3) is 0 Å². The van der Waals surface area contributed by atoms with Gasteiger partial charge in [-0.25, -0.2) is 13.1 Å². The van der Waals surface area contributed by atoms with E-state index in [2.05, 4.69) is 20.8 Å². The van der Waals surface area contributed by atoms with E-state index in [9.17, 15) is 26.4 Å². The van der Waals surface area contributed by atoms with Crippen LogP contribution < -0.4 is 5.32 Å². The van der Waals surface area contributed by atoms with Gasteiger partial charge in [-0.15, -0.1) is 5.10 Å². The molecule has 1 saturated heterocycles. The Hall–Kier alpha value is -3.32. The van der Waals surface area contributed by atoms with Crippen LogP contribution in [-0.2, 0) is 21.0 Å². The van der Waals surface area contributed by atoms with Gasteiger partial charge in [0.05, 0.1) is 22.1 Å². The molecule has 1 aromatic heterocycles. The first kappa shape index (κ1) is 23.8. The largest absolute Gasteiger partial charge is 0.417 e. The van der Waals surface area contributed by atoms with Gasteiger partial charge in [-0.3, -0.25) is 4.79 Å². The van der Waals surface area contributed by atoms with Crippen LogP contribution in [0.3, 0.4) is 0 Å². The fourth-order valence-electron chi connectivity index (χ4n) is 3.95. The molecule has 3 aromatic rings. The highest BCUT2D eigenvalue weighted by Crippen LogP contribution is 2.36. The van der Waals surface area contributed by atoms with Crippen LogP contribution >= 0.6 is 0 Å². The molecule has 1 aliphatic rings. The second-order valence-corrected chi connectivity index (χ2v) is 9.85. The number of hydrogen-bond acceptors (Lipinski definition) is 6. The molecular weight excluding hydrogens is 473 g/mol. The molecule has 2 aromatic carbocycles. The Morgan fingerprint density at radius 3 is 2.62 bits per heavy atom. The quantitative estimate of drug-likeness (QED) is 0.584. The van der Waals surface area contributed by atoms with Crippen molar-refractivity contribution in [2.45, 2.75) is 30.8 Å². The van der Waals surface area contributed by atoms with Gasteiger partial charge in [0.2, 0.25) is 15.9 Å². The summed E-state index contributed by atoms with van der Waals surface area (Å²) < 4.78 is 68.7.